The Labute approximate surface area is 121 Å². The average molecular weight is 300 g/mol. The van der Waals surface area contributed by atoms with Crippen LogP contribution in [-0.2, 0) is 10.0 Å². The molecule has 1 aromatic carbocycles. The predicted octanol–water partition coefficient (Wildman–Crippen LogP) is 1.74. The summed E-state index contributed by atoms with van der Waals surface area (Å²) < 4.78 is 32.1. The van der Waals surface area contributed by atoms with Gasteiger partial charge in [0.25, 0.3) is 0 Å². The smallest absolute Gasteiger partial charge is 0.240 e. The van der Waals surface area contributed by atoms with E-state index in [2.05, 4.69) is 18.6 Å². The van der Waals surface area contributed by atoms with E-state index in [0.717, 1.165) is 6.42 Å². The largest absolute Gasteiger partial charge is 0.494 e. The van der Waals surface area contributed by atoms with Crippen molar-refractivity contribution in [2.24, 2.45) is 11.7 Å². The van der Waals surface area contributed by atoms with Gasteiger partial charge in [-0.15, -0.1) is 0 Å². The van der Waals surface area contributed by atoms with Crippen molar-refractivity contribution in [1.29, 1.82) is 0 Å². The zero-order valence-corrected chi connectivity index (χ0v) is 13.1. The zero-order chi connectivity index (χ0) is 15.2. The number of hydrogen-bond donors (Lipinski definition) is 2. The van der Waals surface area contributed by atoms with Crippen molar-refractivity contribution in [3.63, 3.8) is 0 Å². The first-order valence-electron chi connectivity index (χ1n) is 6.80. The van der Waals surface area contributed by atoms with Crippen LogP contribution < -0.4 is 15.2 Å². The third-order valence-electron chi connectivity index (χ3n) is 2.81. The highest BCUT2D eigenvalue weighted by Crippen LogP contribution is 2.16. The van der Waals surface area contributed by atoms with Crippen LogP contribution in [0.15, 0.2) is 29.2 Å². The van der Waals surface area contributed by atoms with Crippen LogP contribution >= 0.6 is 0 Å². The van der Waals surface area contributed by atoms with Crippen LogP contribution in [0.1, 0.15) is 27.2 Å². The minimum absolute atomic E-state index is 0.217. The number of sulfonamides is 1. The first kappa shape index (κ1) is 16.9. The lowest BCUT2D eigenvalue weighted by molar-refractivity contribution is 0.289. The minimum atomic E-state index is -3.51. The van der Waals surface area contributed by atoms with E-state index < -0.39 is 10.0 Å². The Hall–Kier alpha value is -1.11. The van der Waals surface area contributed by atoms with E-state index in [0.29, 0.717) is 18.3 Å². The Bertz CT molecular complexity index is 498. The highest BCUT2D eigenvalue weighted by atomic mass is 32.2. The average Bonchev–Trinajstić information content (AvgIpc) is 2.38. The molecule has 20 heavy (non-hydrogen) atoms. The normalized spacial score (nSPS) is 13.4. The Morgan fingerprint density at radius 1 is 1.20 bits per heavy atom. The van der Waals surface area contributed by atoms with Gasteiger partial charge in [0, 0.05) is 12.6 Å². The van der Waals surface area contributed by atoms with E-state index >= 15 is 0 Å². The van der Waals surface area contributed by atoms with E-state index in [-0.39, 0.29) is 17.5 Å². The van der Waals surface area contributed by atoms with Crippen LogP contribution in [0, 0.1) is 5.92 Å². The summed E-state index contributed by atoms with van der Waals surface area (Å²) >= 11 is 0. The molecule has 5 nitrogen and oxygen atoms in total. The lowest BCUT2D eigenvalue weighted by Crippen LogP contribution is -2.37. The third-order valence-corrected chi connectivity index (χ3v) is 4.41. The van der Waals surface area contributed by atoms with Crippen molar-refractivity contribution >= 4 is 10.0 Å². The van der Waals surface area contributed by atoms with E-state index in [9.17, 15) is 8.42 Å². The van der Waals surface area contributed by atoms with E-state index in [1.54, 1.807) is 19.1 Å². The molecule has 0 aliphatic carbocycles. The van der Waals surface area contributed by atoms with Gasteiger partial charge in [0.1, 0.15) is 5.75 Å². The number of hydrogen-bond acceptors (Lipinski definition) is 4. The molecular formula is C14H24N2O3S. The summed E-state index contributed by atoms with van der Waals surface area (Å²) in [4.78, 5) is 0.217. The Morgan fingerprint density at radius 2 is 1.80 bits per heavy atom. The van der Waals surface area contributed by atoms with E-state index in [1.165, 1.54) is 12.1 Å². The number of nitrogens with two attached hydrogens (primary N) is 1. The van der Waals surface area contributed by atoms with Crippen LogP contribution in [0.25, 0.3) is 0 Å². The van der Waals surface area contributed by atoms with Gasteiger partial charge >= 0.3 is 0 Å². The first-order valence-corrected chi connectivity index (χ1v) is 8.28. The first-order chi connectivity index (χ1) is 9.35. The molecule has 114 valence electrons. The fourth-order valence-corrected chi connectivity index (χ4v) is 2.76. The van der Waals surface area contributed by atoms with Gasteiger partial charge in [-0.25, -0.2) is 13.1 Å². The SMILES string of the molecule is CC(C)CCOc1ccc(S(=O)(=O)N[C@@H](C)CN)cc1. The van der Waals surface area contributed by atoms with Gasteiger partial charge in [0.05, 0.1) is 11.5 Å². The van der Waals surface area contributed by atoms with E-state index in [4.69, 9.17) is 10.5 Å². The number of rotatable bonds is 8. The van der Waals surface area contributed by atoms with Crippen LogP contribution in [0.2, 0.25) is 0 Å². The van der Waals surface area contributed by atoms with Crippen LogP contribution in [0.3, 0.4) is 0 Å². The summed E-state index contributed by atoms with van der Waals surface area (Å²) in [6, 6.07) is 6.12. The second-order valence-electron chi connectivity index (χ2n) is 5.26. The summed E-state index contributed by atoms with van der Waals surface area (Å²) in [5.41, 5.74) is 5.41. The van der Waals surface area contributed by atoms with Crippen molar-refractivity contribution in [2.45, 2.75) is 38.1 Å². The molecule has 3 N–H and O–H groups in total. The zero-order valence-electron chi connectivity index (χ0n) is 12.3. The van der Waals surface area contributed by atoms with Crippen molar-refractivity contribution in [3.8, 4) is 5.75 Å². The maximum atomic E-state index is 12.0. The van der Waals surface area contributed by atoms with Crippen molar-refractivity contribution in [2.75, 3.05) is 13.2 Å². The molecule has 0 spiro atoms. The molecule has 0 amide bonds. The predicted molar refractivity (Wildman–Crippen MR) is 80.2 cm³/mol. The number of benzene rings is 1. The highest BCUT2D eigenvalue weighted by Gasteiger charge is 2.16. The van der Waals surface area contributed by atoms with Crippen LogP contribution in [-0.4, -0.2) is 27.6 Å². The van der Waals surface area contributed by atoms with Crippen molar-refractivity contribution in [1.82, 2.24) is 4.72 Å². The molecule has 0 unspecified atom stereocenters. The summed E-state index contributed by atoms with van der Waals surface area (Å²) in [5.74, 6) is 1.26. The van der Waals surface area contributed by atoms with Gasteiger partial charge in [-0.2, -0.15) is 0 Å². The molecule has 0 aromatic heterocycles. The van der Waals surface area contributed by atoms with Gasteiger partial charge in [-0.3, -0.25) is 0 Å². The molecule has 0 fully saturated rings. The van der Waals surface area contributed by atoms with Gasteiger partial charge in [0.2, 0.25) is 10.0 Å². The molecule has 0 aliphatic rings. The third kappa shape index (κ3) is 5.48. The summed E-state index contributed by atoms with van der Waals surface area (Å²) in [7, 11) is -3.51. The fourth-order valence-electron chi connectivity index (χ4n) is 1.51. The molecule has 1 rings (SSSR count). The van der Waals surface area contributed by atoms with Crippen LogP contribution in [0.4, 0.5) is 0 Å². The summed E-state index contributed by atoms with van der Waals surface area (Å²) in [6.07, 6.45) is 0.968. The van der Waals surface area contributed by atoms with Gasteiger partial charge in [-0.05, 0) is 43.5 Å². The molecule has 0 bridgehead atoms. The molecule has 0 radical (unpaired) electrons. The Kier molecular flexibility index (Phi) is 6.45. The lowest BCUT2D eigenvalue weighted by Gasteiger charge is -2.12. The van der Waals surface area contributed by atoms with Crippen LogP contribution in [0.5, 0.6) is 5.75 Å². The van der Waals surface area contributed by atoms with E-state index in [1.807, 2.05) is 0 Å². The second-order valence-corrected chi connectivity index (χ2v) is 6.97. The summed E-state index contributed by atoms with van der Waals surface area (Å²) in [6.45, 7) is 6.87. The summed E-state index contributed by atoms with van der Waals surface area (Å²) in [5, 5.41) is 0. The van der Waals surface area contributed by atoms with Gasteiger partial charge in [-0.1, -0.05) is 13.8 Å². The molecule has 1 aromatic rings. The standard InChI is InChI=1S/C14H24N2O3S/c1-11(2)8-9-19-13-4-6-14(7-5-13)20(17,18)16-12(3)10-15/h4-7,11-12,16H,8-10,15H2,1-3H3/t12-/m0/s1. The van der Waals surface area contributed by atoms with Gasteiger partial charge in [0.15, 0.2) is 0 Å². The molecule has 6 heteroatoms. The number of nitrogens with one attached hydrogen (secondary N) is 1. The molecule has 0 saturated carbocycles. The Morgan fingerprint density at radius 3 is 2.30 bits per heavy atom. The minimum Gasteiger partial charge on any atom is -0.494 e. The van der Waals surface area contributed by atoms with Crippen molar-refractivity contribution in [3.05, 3.63) is 24.3 Å². The quantitative estimate of drug-likeness (QED) is 0.766. The fraction of sp³-hybridized carbons (Fsp3) is 0.571. The highest BCUT2D eigenvalue weighted by molar-refractivity contribution is 7.89. The van der Waals surface area contributed by atoms with Gasteiger partial charge < -0.3 is 10.5 Å². The monoisotopic (exact) mass is 300 g/mol. The van der Waals surface area contributed by atoms with Crippen molar-refractivity contribution < 1.29 is 13.2 Å². The number of ether oxygens (including phenoxy) is 1. The molecular weight excluding hydrogens is 276 g/mol. The maximum Gasteiger partial charge on any atom is 0.240 e. The maximum absolute atomic E-state index is 12.0. The molecule has 1 atom stereocenters. The Balaban J connectivity index is 2.66. The second kappa shape index (κ2) is 7.61. The molecule has 0 saturated heterocycles. The molecule has 0 heterocycles. The topological polar surface area (TPSA) is 81.4 Å². The lowest BCUT2D eigenvalue weighted by atomic mass is 10.1. The molecule has 0 aliphatic heterocycles.